The highest BCUT2D eigenvalue weighted by atomic mass is 32.1. The van der Waals surface area contributed by atoms with Crippen molar-refractivity contribution < 1.29 is 0 Å². The quantitative estimate of drug-likeness (QED) is 0.181. The fourth-order valence-corrected chi connectivity index (χ4v) is 11.2. The van der Waals surface area contributed by atoms with Gasteiger partial charge < -0.3 is 13.7 Å². The second-order valence-corrected chi connectivity index (χ2v) is 15.1. The average Bonchev–Trinajstić information content (AvgIpc) is 3.91. The van der Waals surface area contributed by atoms with Gasteiger partial charge in [-0.1, -0.05) is 36.4 Å². The second kappa shape index (κ2) is 8.96. The van der Waals surface area contributed by atoms with Crippen molar-refractivity contribution in [1.29, 1.82) is 0 Å². The van der Waals surface area contributed by atoms with Crippen LogP contribution in [0, 0.1) is 0 Å². The molecule has 7 aromatic heterocycles. The van der Waals surface area contributed by atoms with Gasteiger partial charge in [-0.2, -0.15) is 0 Å². The topological polar surface area (TPSA) is 14.8 Å². The molecule has 0 aliphatic heterocycles. The summed E-state index contributed by atoms with van der Waals surface area (Å²) in [5.41, 5.74) is 11.2. The first-order valence-electron chi connectivity index (χ1n) is 14.8. The lowest BCUT2D eigenvalue weighted by Gasteiger charge is -2.12. The lowest BCUT2D eigenvalue weighted by atomic mass is 10.1. The SMILES string of the molecule is c1ccc2c(-n3c4ccc(-n5c6ccsc6c6sccc65)cc4c4cc(-n5c6ccsc6c6sccc65)ccc43)cccc2c1. The minimum Gasteiger partial charge on any atom is -0.309 e. The normalized spacial score (nSPS) is 12.4. The summed E-state index contributed by atoms with van der Waals surface area (Å²) >= 11 is 7.33. The largest absolute Gasteiger partial charge is 0.309 e. The number of benzene rings is 4. The van der Waals surface area contributed by atoms with Gasteiger partial charge in [0, 0.05) is 27.5 Å². The summed E-state index contributed by atoms with van der Waals surface area (Å²) < 4.78 is 12.8. The minimum absolute atomic E-state index is 1.20. The van der Waals surface area contributed by atoms with Gasteiger partial charge in [0.1, 0.15) is 0 Å². The molecule has 3 nitrogen and oxygen atoms in total. The molecule has 0 atom stereocenters. The van der Waals surface area contributed by atoms with Crippen molar-refractivity contribution in [2.45, 2.75) is 0 Å². The monoisotopic (exact) mass is 647 g/mol. The highest BCUT2D eigenvalue weighted by Gasteiger charge is 2.20. The van der Waals surface area contributed by atoms with E-state index in [1.165, 1.54) is 90.5 Å². The average molecular weight is 648 g/mol. The van der Waals surface area contributed by atoms with Crippen molar-refractivity contribution in [2.75, 3.05) is 0 Å². The van der Waals surface area contributed by atoms with Gasteiger partial charge in [0.25, 0.3) is 0 Å². The van der Waals surface area contributed by atoms with E-state index >= 15 is 0 Å². The number of thiophene rings is 4. The molecule has 0 bridgehead atoms. The predicted molar refractivity (Wildman–Crippen MR) is 198 cm³/mol. The fraction of sp³-hybridized carbons (Fsp3) is 0. The molecule has 7 heterocycles. The molecule has 0 saturated heterocycles. The lowest BCUT2D eigenvalue weighted by Crippen LogP contribution is -1.97. The van der Waals surface area contributed by atoms with E-state index < -0.39 is 0 Å². The van der Waals surface area contributed by atoms with Gasteiger partial charge in [0.15, 0.2) is 0 Å². The molecule has 11 rings (SSSR count). The third kappa shape index (κ3) is 3.23. The van der Waals surface area contributed by atoms with Crippen LogP contribution in [0.25, 0.3) is 90.5 Å². The molecule has 7 heteroatoms. The Morgan fingerprint density at radius 2 is 0.822 bits per heavy atom. The Morgan fingerprint density at radius 3 is 1.33 bits per heavy atom. The van der Waals surface area contributed by atoms with E-state index in [1.807, 2.05) is 45.3 Å². The van der Waals surface area contributed by atoms with E-state index in [-0.39, 0.29) is 0 Å². The van der Waals surface area contributed by atoms with Crippen LogP contribution in [0.4, 0.5) is 0 Å². The molecule has 4 aromatic carbocycles. The van der Waals surface area contributed by atoms with E-state index in [0.29, 0.717) is 0 Å². The van der Waals surface area contributed by atoms with Crippen LogP contribution in [0.1, 0.15) is 0 Å². The van der Waals surface area contributed by atoms with Crippen LogP contribution >= 0.6 is 45.3 Å². The van der Waals surface area contributed by atoms with Crippen LogP contribution in [-0.2, 0) is 0 Å². The Hall–Kier alpha value is -4.66. The third-order valence-corrected chi connectivity index (χ3v) is 13.2. The standard InChI is InChI=1S/C38H21N3S4/c1-2-6-25-22(4-1)5-3-7-28(25)41-29-10-8-23(39-31-12-16-42-35(31)36-32(39)13-17-43-36)20-26(29)27-21-24(9-11-30(27)41)40-33-14-18-44-37(33)38-34(40)15-19-45-38/h1-21H. The van der Waals surface area contributed by atoms with E-state index in [4.69, 9.17) is 0 Å². The van der Waals surface area contributed by atoms with Gasteiger partial charge in [-0.15, -0.1) is 45.3 Å². The van der Waals surface area contributed by atoms with Crippen molar-refractivity contribution in [3.8, 4) is 17.1 Å². The number of fused-ring (bicyclic) bond motifs is 10. The number of aromatic nitrogens is 3. The van der Waals surface area contributed by atoms with Gasteiger partial charge in [-0.3, -0.25) is 0 Å². The van der Waals surface area contributed by atoms with Crippen LogP contribution in [0.2, 0.25) is 0 Å². The molecule has 0 N–H and O–H groups in total. The summed E-state index contributed by atoms with van der Waals surface area (Å²) in [6, 6.07) is 38.5. The van der Waals surface area contributed by atoms with Crippen LogP contribution in [-0.4, -0.2) is 13.7 Å². The molecule has 0 unspecified atom stereocenters. The Bertz CT molecular complexity index is 2690. The summed E-state index contributed by atoms with van der Waals surface area (Å²) in [7, 11) is 0. The maximum Gasteiger partial charge on any atom is 0.0704 e. The zero-order valence-corrected chi connectivity index (χ0v) is 26.9. The van der Waals surface area contributed by atoms with E-state index in [9.17, 15) is 0 Å². The third-order valence-electron chi connectivity index (χ3n) is 9.21. The summed E-state index contributed by atoms with van der Waals surface area (Å²) in [6.07, 6.45) is 0. The summed E-state index contributed by atoms with van der Waals surface area (Å²) in [4.78, 5) is 0. The molecule has 212 valence electrons. The Kier molecular flexibility index (Phi) is 4.91. The number of nitrogens with zero attached hydrogens (tertiary/aromatic N) is 3. The van der Waals surface area contributed by atoms with Crippen LogP contribution < -0.4 is 0 Å². The Balaban J connectivity index is 1.26. The maximum absolute atomic E-state index is 2.46. The zero-order valence-electron chi connectivity index (χ0n) is 23.6. The van der Waals surface area contributed by atoms with Crippen LogP contribution in [0.15, 0.2) is 125 Å². The summed E-state index contributed by atoms with van der Waals surface area (Å²) in [5.74, 6) is 0. The van der Waals surface area contributed by atoms with Gasteiger partial charge in [-0.05, 0) is 93.6 Å². The van der Waals surface area contributed by atoms with E-state index in [0.717, 1.165) is 0 Å². The molecule has 45 heavy (non-hydrogen) atoms. The van der Waals surface area contributed by atoms with Crippen molar-refractivity contribution in [2.24, 2.45) is 0 Å². The first-order valence-corrected chi connectivity index (χ1v) is 18.3. The van der Waals surface area contributed by atoms with Crippen molar-refractivity contribution >= 4 is 119 Å². The Labute approximate surface area is 272 Å². The summed E-state index contributed by atoms with van der Waals surface area (Å²) in [6.45, 7) is 0. The number of hydrogen-bond acceptors (Lipinski definition) is 4. The van der Waals surface area contributed by atoms with Crippen molar-refractivity contribution in [3.63, 3.8) is 0 Å². The smallest absolute Gasteiger partial charge is 0.0704 e. The molecular weight excluding hydrogens is 627 g/mol. The molecule has 0 amide bonds. The zero-order chi connectivity index (χ0) is 29.2. The number of hydrogen-bond donors (Lipinski definition) is 0. The highest BCUT2D eigenvalue weighted by Crippen LogP contribution is 2.43. The van der Waals surface area contributed by atoms with Crippen molar-refractivity contribution in [1.82, 2.24) is 13.7 Å². The molecule has 0 aliphatic carbocycles. The van der Waals surface area contributed by atoms with Gasteiger partial charge in [0.2, 0.25) is 0 Å². The van der Waals surface area contributed by atoms with Gasteiger partial charge in [0.05, 0.1) is 57.6 Å². The number of rotatable bonds is 3. The van der Waals surface area contributed by atoms with E-state index in [2.05, 4.69) is 138 Å². The molecule has 11 aromatic rings. The molecule has 0 aliphatic rings. The van der Waals surface area contributed by atoms with Crippen LogP contribution in [0.3, 0.4) is 0 Å². The minimum atomic E-state index is 1.20. The molecular formula is C38H21N3S4. The van der Waals surface area contributed by atoms with Crippen LogP contribution in [0.5, 0.6) is 0 Å². The molecule has 0 saturated carbocycles. The maximum atomic E-state index is 2.46. The first-order chi connectivity index (χ1) is 22.3. The molecule has 0 fully saturated rings. The highest BCUT2D eigenvalue weighted by molar-refractivity contribution is 7.26. The molecule has 0 spiro atoms. The predicted octanol–water partition coefficient (Wildman–Crippen LogP) is 12.4. The summed E-state index contributed by atoms with van der Waals surface area (Å²) in [5, 5.41) is 13.9. The second-order valence-electron chi connectivity index (χ2n) is 11.4. The Morgan fingerprint density at radius 1 is 0.356 bits per heavy atom. The van der Waals surface area contributed by atoms with Crippen molar-refractivity contribution in [3.05, 3.63) is 125 Å². The van der Waals surface area contributed by atoms with Gasteiger partial charge >= 0.3 is 0 Å². The van der Waals surface area contributed by atoms with E-state index in [1.54, 1.807) is 0 Å². The lowest BCUT2D eigenvalue weighted by molar-refractivity contribution is 1.17. The fourth-order valence-electron chi connectivity index (χ4n) is 7.35. The molecule has 0 radical (unpaired) electrons. The van der Waals surface area contributed by atoms with Gasteiger partial charge in [-0.25, -0.2) is 0 Å². The first kappa shape index (κ1) is 24.6.